The summed E-state index contributed by atoms with van der Waals surface area (Å²) < 4.78 is 28.2. The van der Waals surface area contributed by atoms with Crippen LogP contribution < -0.4 is 15.2 Å². The van der Waals surface area contributed by atoms with E-state index in [4.69, 9.17) is 9.88 Å². The molecule has 0 heterocycles. The number of hydrogen-bond acceptors (Lipinski definition) is 4. The number of primary sulfonamides is 1. The molecule has 0 radical (unpaired) electrons. The van der Waals surface area contributed by atoms with Gasteiger partial charge in [-0.1, -0.05) is 0 Å². The van der Waals surface area contributed by atoms with Gasteiger partial charge in [0, 0.05) is 6.04 Å². The first kappa shape index (κ1) is 16.5. The van der Waals surface area contributed by atoms with Gasteiger partial charge in [-0.25, -0.2) is 13.6 Å². The quantitative estimate of drug-likeness (QED) is 0.842. The number of ether oxygens (including phenoxy) is 1. The summed E-state index contributed by atoms with van der Waals surface area (Å²) in [6.07, 6.45) is 0. The van der Waals surface area contributed by atoms with Gasteiger partial charge in [-0.15, -0.1) is 0 Å². The molecule has 0 aliphatic heterocycles. The second kappa shape index (κ2) is 6.23. The zero-order chi connectivity index (χ0) is 15.5. The molecule has 0 bridgehead atoms. The molecular formula is C13H20N2O4S. The van der Waals surface area contributed by atoms with Gasteiger partial charge >= 0.3 is 0 Å². The maximum atomic E-state index is 11.5. The van der Waals surface area contributed by atoms with Gasteiger partial charge in [-0.2, -0.15) is 0 Å². The van der Waals surface area contributed by atoms with Crippen LogP contribution in [0.5, 0.6) is 5.75 Å². The highest BCUT2D eigenvalue weighted by Crippen LogP contribution is 2.25. The summed E-state index contributed by atoms with van der Waals surface area (Å²) in [6, 6.07) is 3.05. The van der Waals surface area contributed by atoms with Crippen LogP contribution in [0.25, 0.3) is 0 Å². The molecule has 3 N–H and O–H groups in total. The highest BCUT2D eigenvalue weighted by Gasteiger charge is 2.15. The molecule has 0 unspecified atom stereocenters. The van der Waals surface area contributed by atoms with E-state index >= 15 is 0 Å². The minimum atomic E-state index is -3.75. The molecule has 1 amide bonds. The molecule has 6 nitrogen and oxygen atoms in total. The van der Waals surface area contributed by atoms with Gasteiger partial charge in [0.05, 0.1) is 4.90 Å². The van der Waals surface area contributed by atoms with Crippen molar-refractivity contribution in [3.63, 3.8) is 0 Å². The number of hydrogen-bond donors (Lipinski definition) is 2. The Kier molecular flexibility index (Phi) is 5.13. The van der Waals surface area contributed by atoms with Crippen molar-refractivity contribution in [2.75, 3.05) is 6.61 Å². The van der Waals surface area contributed by atoms with E-state index in [9.17, 15) is 13.2 Å². The molecule has 0 atom stereocenters. The van der Waals surface area contributed by atoms with Crippen LogP contribution in [0.2, 0.25) is 0 Å². The van der Waals surface area contributed by atoms with Crippen LogP contribution in [-0.2, 0) is 14.8 Å². The summed E-state index contributed by atoms with van der Waals surface area (Å²) >= 11 is 0. The van der Waals surface area contributed by atoms with Crippen molar-refractivity contribution in [2.24, 2.45) is 5.14 Å². The van der Waals surface area contributed by atoms with Gasteiger partial charge in [0.25, 0.3) is 5.91 Å². The fraction of sp³-hybridized carbons (Fsp3) is 0.462. The van der Waals surface area contributed by atoms with Crippen molar-refractivity contribution in [3.05, 3.63) is 23.3 Å². The number of benzene rings is 1. The summed E-state index contributed by atoms with van der Waals surface area (Å²) in [7, 11) is -3.75. The standard InChI is InChI=1S/C13H20N2O4S/c1-8(2)15-13(16)7-19-11-5-10(4)12(6-9(11)3)20(14,17)18/h5-6,8H,7H2,1-4H3,(H,15,16)(H2,14,17,18). The van der Waals surface area contributed by atoms with Crippen LogP contribution >= 0.6 is 0 Å². The fourth-order valence-electron chi connectivity index (χ4n) is 1.73. The number of sulfonamides is 1. The first-order valence-corrected chi connectivity index (χ1v) is 7.72. The first-order valence-electron chi connectivity index (χ1n) is 6.17. The van der Waals surface area contributed by atoms with E-state index < -0.39 is 10.0 Å². The minimum absolute atomic E-state index is 0.0405. The lowest BCUT2D eigenvalue weighted by Crippen LogP contribution is -2.34. The molecule has 1 aromatic carbocycles. The summed E-state index contributed by atoms with van der Waals surface area (Å²) in [5, 5.41) is 7.82. The van der Waals surface area contributed by atoms with Crippen LogP contribution in [0.15, 0.2) is 17.0 Å². The van der Waals surface area contributed by atoms with E-state index in [0.717, 1.165) is 0 Å². The second-order valence-electron chi connectivity index (χ2n) is 4.94. The average Bonchev–Trinajstić information content (AvgIpc) is 2.27. The summed E-state index contributed by atoms with van der Waals surface area (Å²) in [4.78, 5) is 11.6. The molecule has 0 fully saturated rings. The van der Waals surface area contributed by atoms with Crippen molar-refractivity contribution in [2.45, 2.75) is 38.6 Å². The average molecular weight is 300 g/mol. The molecule has 0 aliphatic rings. The molecule has 20 heavy (non-hydrogen) atoms. The molecular weight excluding hydrogens is 280 g/mol. The lowest BCUT2D eigenvalue weighted by molar-refractivity contribution is -0.123. The van der Waals surface area contributed by atoms with Crippen molar-refractivity contribution in [1.29, 1.82) is 0 Å². The summed E-state index contributed by atoms with van der Waals surface area (Å²) in [5.74, 6) is 0.237. The fourth-order valence-corrected chi connectivity index (χ4v) is 2.58. The zero-order valence-electron chi connectivity index (χ0n) is 12.1. The van der Waals surface area contributed by atoms with E-state index in [2.05, 4.69) is 5.32 Å². The number of carbonyl (C=O) groups excluding carboxylic acids is 1. The van der Waals surface area contributed by atoms with E-state index in [0.29, 0.717) is 16.9 Å². The third kappa shape index (κ3) is 4.50. The third-order valence-corrected chi connectivity index (χ3v) is 3.64. The number of rotatable bonds is 5. The largest absolute Gasteiger partial charge is 0.483 e. The maximum Gasteiger partial charge on any atom is 0.258 e. The summed E-state index contributed by atoms with van der Waals surface area (Å²) in [6.45, 7) is 6.92. The molecule has 7 heteroatoms. The topological polar surface area (TPSA) is 98.5 Å². The molecule has 0 aliphatic carbocycles. The predicted octanol–water partition coefficient (Wildman–Crippen LogP) is 0.854. The van der Waals surface area contributed by atoms with Gasteiger partial charge < -0.3 is 10.1 Å². The normalized spacial score (nSPS) is 11.5. The van der Waals surface area contributed by atoms with Gasteiger partial charge in [0.2, 0.25) is 10.0 Å². The van der Waals surface area contributed by atoms with Crippen LogP contribution in [0.1, 0.15) is 25.0 Å². The molecule has 0 aromatic heterocycles. The number of aryl methyl sites for hydroxylation is 2. The van der Waals surface area contributed by atoms with Crippen LogP contribution in [-0.4, -0.2) is 27.0 Å². The lowest BCUT2D eigenvalue weighted by Gasteiger charge is -2.13. The Labute approximate surface area is 119 Å². The Morgan fingerprint density at radius 1 is 1.30 bits per heavy atom. The van der Waals surface area contributed by atoms with Crippen molar-refractivity contribution in [1.82, 2.24) is 5.32 Å². The Bertz CT molecular complexity index is 609. The minimum Gasteiger partial charge on any atom is -0.483 e. The van der Waals surface area contributed by atoms with Gasteiger partial charge in [0.1, 0.15) is 5.75 Å². The van der Waals surface area contributed by atoms with E-state index in [1.165, 1.54) is 6.07 Å². The molecule has 1 aromatic rings. The van der Waals surface area contributed by atoms with Crippen LogP contribution in [0.4, 0.5) is 0 Å². The van der Waals surface area contributed by atoms with Crippen LogP contribution in [0, 0.1) is 13.8 Å². The molecule has 0 saturated heterocycles. The van der Waals surface area contributed by atoms with E-state index in [1.807, 2.05) is 13.8 Å². The van der Waals surface area contributed by atoms with E-state index in [-0.39, 0.29) is 23.5 Å². The highest BCUT2D eigenvalue weighted by molar-refractivity contribution is 7.89. The maximum absolute atomic E-state index is 11.5. The first-order chi connectivity index (χ1) is 9.11. The van der Waals surface area contributed by atoms with Gasteiger partial charge in [0.15, 0.2) is 6.61 Å². The Hall–Kier alpha value is -1.60. The third-order valence-electron chi connectivity index (χ3n) is 2.59. The van der Waals surface area contributed by atoms with Crippen LogP contribution in [0.3, 0.4) is 0 Å². The smallest absolute Gasteiger partial charge is 0.258 e. The van der Waals surface area contributed by atoms with E-state index in [1.54, 1.807) is 19.9 Å². The van der Waals surface area contributed by atoms with Crippen molar-refractivity contribution < 1.29 is 17.9 Å². The second-order valence-corrected chi connectivity index (χ2v) is 6.47. The summed E-state index contributed by atoms with van der Waals surface area (Å²) in [5.41, 5.74) is 1.09. The number of nitrogens with two attached hydrogens (primary N) is 1. The molecule has 1 rings (SSSR count). The van der Waals surface area contributed by atoms with Crippen molar-refractivity contribution >= 4 is 15.9 Å². The number of amides is 1. The monoisotopic (exact) mass is 300 g/mol. The van der Waals surface area contributed by atoms with Gasteiger partial charge in [-0.05, 0) is 51.0 Å². The number of nitrogens with one attached hydrogen (secondary N) is 1. The molecule has 112 valence electrons. The zero-order valence-corrected chi connectivity index (χ0v) is 12.9. The number of carbonyl (C=O) groups is 1. The highest BCUT2D eigenvalue weighted by atomic mass is 32.2. The Morgan fingerprint density at radius 2 is 1.90 bits per heavy atom. The Balaban J connectivity index is 2.89. The molecule has 0 saturated carbocycles. The SMILES string of the molecule is Cc1cc(S(N)(=O)=O)c(C)cc1OCC(=O)NC(C)C. The molecule has 0 spiro atoms. The predicted molar refractivity (Wildman–Crippen MR) is 76.1 cm³/mol. The van der Waals surface area contributed by atoms with Crippen molar-refractivity contribution in [3.8, 4) is 5.75 Å². The lowest BCUT2D eigenvalue weighted by atomic mass is 10.1. The Morgan fingerprint density at radius 3 is 2.40 bits per heavy atom. The van der Waals surface area contributed by atoms with Gasteiger partial charge in [-0.3, -0.25) is 4.79 Å².